The molecule has 0 unspecified atom stereocenters. The Balaban J connectivity index is 1.84. The number of aromatic nitrogens is 1. The summed E-state index contributed by atoms with van der Waals surface area (Å²) >= 11 is 0. The van der Waals surface area contributed by atoms with E-state index in [1.807, 2.05) is 30.3 Å². The van der Waals surface area contributed by atoms with Crippen molar-refractivity contribution in [1.82, 2.24) is 10.3 Å². The molecule has 0 saturated heterocycles. The average Bonchev–Trinajstić information content (AvgIpc) is 2.68. The Morgan fingerprint density at radius 2 is 1.85 bits per heavy atom. The highest BCUT2D eigenvalue weighted by molar-refractivity contribution is 5.97. The molecule has 2 aromatic carbocycles. The molecule has 5 nitrogen and oxygen atoms in total. The number of halogens is 2. The molecule has 0 radical (unpaired) electrons. The van der Waals surface area contributed by atoms with Crippen molar-refractivity contribution in [2.24, 2.45) is 0 Å². The molecule has 0 saturated carbocycles. The molecule has 27 heavy (non-hydrogen) atoms. The van der Waals surface area contributed by atoms with Gasteiger partial charge in [0.05, 0.1) is 18.2 Å². The lowest BCUT2D eigenvalue weighted by molar-refractivity contribution is -0.142. The number of esters is 1. The number of pyridine rings is 1. The fourth-order valence-corrected chi connectivity index (χ4v) is 2.68. The van der Waals surface area contributed by atoms with Crippen LogP contribution in [0, 0.1) is 11.6 Å². The van der Waals surface area contributed by atoms with Crippen LogP contribution in [0.15, 0.2) is 54.6 Å². The summed E-state index contributed by atoms with van der Waals surface area (Å²) in [6, 6.07) is 13.2. The van der Waals surface area contributed by atoms with E-state index in [1.165, 1.54) is 13.2 Å². The Morgan fingerprint density at radius 3 is 2.63 bits per heavy atom. The Hall–Kier alpha value is -3.35. The third-order valence-corrected chi connectivity index (χ3v) is 4.06. The van der Waals surface area contributed by atoms with E-state index in [1.54, 1.807) is 6.07 Å². The van der Waals surface area contributed by atoms with Gasteiger partial charge in [0.25, 0.3) is 5.91 Å². The number of carbonyl (C=O) groups excluding carboxylic acids is 2. The van der Waals surface area contributed by atoms with Gasteiger partial charge in [0.1, 0.15) is 6.04 Å². The lowest BCUT2D eigenvalue weighted by Crippen LogP contribution is -2.43. The van der Waals surface area contributed by atoms with Crippen molar-refractivity contribution in [3.63, 3.8) is 0 Å². The van der Waals surface area contributed by atoms with Gasteiger partial charge in [-0.15, -0.1) is 0 Å². The largest absolute Gasteiger partial charge is 0.467 e. The minimum absolute atomic E-state index is 0.0418. The second-order valence-electron chi connectivity index (χ2n) is 5.85. The maximum absolute atomic E-state index is 13.8. The second kappa shape index (κ2) is 7.90. The molecule has 0 aliphatic rings. The van der Waals surface area contributed by atoms with Gasteiger partial charge in [-0.3, -0.25) is 9.78 Å². The summed E-state index contributed by atoms with van der Waals surface area (Å²) in [6.07, 6.45) is 0.0418. The molecule has 0 aliphatic carbocycles. The van der Waals surface area contributed by atoms with E-state index in [9.17, 15) is 18.4 Å². The first kappa shape index (κ1) is 18.4. The van der Waals surface area contributed by atoms with Crippen LogP contribution in [0.4, 0.5) is 8.78 Å². The Labute approximate surface area is 154 Å². The van der Waals surface area contributed by atoms with Crippen LogP contribution in [0.25, 0.3) is 10.9 Å². The highest BCUT2D eigenvalue weighted by atomic mass is 19.2. The third kappa shape index (κ3) is 4.08. The topological polar surface area (TPSA) is 68.3 Å². The summed E-state index contributed by atoms with van der Waals surface area (Å²) in [4.78, 5) is 28.8. The van der Waals surface area contributed by atoms with Crippen LogP contribution in [-0.4, -0.2) is 30.0 Å². The zero-order valence-electron chi connectivity index (χ0n) is 14.4. The van der Waals surface area contributed by atoms with Crippen molar-refractivity contribution in [3.8, 4) is 0 Å². The van der Waals surface area contributed by atoms with E-state index in [2.05, 4.69) is 10.3 Å². The number of methoxy groups -OCH3 is 1. The van der Waals surface area contributed by atoms with Gasteiger partial charge < -0.3 is 10.1 Å². The number of nitrogens with zero attached hydrogens (tertiary/aromatic N) is 1. The fourth-order valence-electron chi connectivity index (χ4n) is 2.68. The minimum Gasteiger partial charge on any atom is -0.467 e. The van der Waals surface area contributed by atoms with Crippen molar-refractivity contribution in [1.29, 1.82) is 0 Å². The summed E-state index contributed by atoms with van der Waals surface area (Å²) in [5, 5.41) is 3.32. The van der Waals surface area contributed by atoms with Crippen molar-refractivity contribution in [2.75, 3.05) is 7.11 Å². The molecule has 0 bridgehead atoms. The molecule has 1 N–H and O–H groups in total. The molecule has 1 amide bonds. The zero-order chi connectivity index (χ0) is 19.4. The number of para-hydroxylation sites is 1. The number of amides is 1. The molecule has 3 rings (SSSR count). The van der Waals surface area contributed by atoms with E-state index in [-0.39, 0.29) is 6.42 Å². The van der Waals surface area contributed by atoms with Crippen LogP contribution in [0.5, 0.6) is 0 Å². The van der Waals surface area contributed by atoms with Crippen LogP contribution >= 0.6 is 0 Å². The smallest absolute Gasteiger partial charge is 0.328 e. The summed E-state index contributed by atoms with van der Waals surface area (Å²) in [5.74, 6) is -4.05. The van der Waals surface area contributed by atoms with E-state index >= 15 is 0 Å². The molecule has 1 atom stereocenters. The first-order valence-corrected chi connectivity index (χ1v) is 8.17. The van der Waals surface area contributed by atoms with Gasteiger partial charge in [-0.2, -0.15) is 0 Å². The SMILES string of the molecule is COC(=O)[C@@H](Cc1ccc2ccccc2n1)NC(=O)c1cccc(F)c1F. The maximum atomic E-state index is 13.8. The predicted molar refractivity (Wildman–Crippen MR) is 95.1 cm³/mol. The van der Waals surface area contributed by atoms with Crippen molar-refractivity contribution >= 4 is 22.8 Å². The van der Waals surface area contributed by atoms with Crippen LogP contribution < -0.4 is 5.32 Å². The summed E-state index contributed by atoms with van der Waals surface area (Å²) in [5.41, 5.74) is 0.792. The van der Waals surface area contributed by atoms with Crippen LogP contribution in [0.2, 0.25) is 0 Å². The lowest BCUT2D eigenvalue weighted by atomic mass is 10.1. The number of carbonyl (C=O) groups is 2. The van der Waals surface area contributed by atoms with E-state index < -0.39 is 35.1 Å². The summed E-state index contributed by atoms with van der Waals surface area (Å²) in [7, 11) is 1.18. The van der Waals surface area contributed by atoms with E-state index in [0.717, 1.165) is 23.0 Å². The Bertz CT molecular complexity index is 1010. The molecular weight excluding hydrogens is 354 g/mol. The number of fused-ring (bicyclic) bond motifs is 1. The Morgan fingerprint density at radius 1 is 1.07 bits per heavy atom. The quantitative estimate of drug-likeness (QED) is 0.701. The lowest BCUT2D eigenvalue weighted by Gasteiger charge is -2.17. The fraction of sp³-hybridized carbons (Fsp3) is 0.150. The van der Waals surface area contributed by atoms with Crippen LogP contribution in [0.1, 0.15) is 16.1 Å². The normalized spacial score (nSPS) is 11.8. The highest BCUT2D eigenvalue weighted by Gasteiger charge is 2.25. The van der Waals surface area contributed by atoms with E-state index in [4.69, 9.17) is 4.74 Å². The number of hydrogen-bond acceptors (Lipinski definition) is 4. The van der Waals surface area contributed by atoms with Gasteiger partial charge in [0, 0.05) is 17.5 Å². The first-order valence-electron chi connectivity index (χ1n) is 8.17. The molecule has 7 heteroatoms. The highest BCUT2D eigenvalue weighted by Crippen LogP contribution is 2.15. The Kier molecular flexibility index (Phi) is 5.40. The third-order valence-electron chi connectivity index (χ3n) is 4.06. The molecule has 1 heterocycles. The number of nitrogens with one attached hydrogen (secondary N) is 1. The van der Waals surface area contributed by atoms with Gasteiger partial charge in [-0.25, -0.2) is 13.6 Å². The monoisotopic (exact) mass is 370 g/mol. The summed E-state index contributed by atoms with van der Waals surface area (Å²) in [6.45, 7) is 0. The van der Waals surface area contributed by atoms with E-state index in [0.29, 0.717) is 5.69 Å². The number of ether oxygens (including phenoxy) is 1. The maximum Gasteiger partial charge on any atom is 0.328 e. The zero-order valence-corrected chi connectivity index (χ0v) is 14.4. The van der Waals surface area contributed by atoms with Gasteiger partial charge >= 0.3 is 5.97 Å². The predicted octanol–water partition coefficient (Wildman–Crippen LogP) is 3.03. The average molecular weight is 370 g/mol. The minimum atomic E-state index is -1.28. The van der Waals surface area contributed by atoms with Gasteiger partial charge in [-0.1, -0.05) is 30.3 Å². The van der Waals surface area contributed by atoms with Gasteiger partial charge in [0.15, 0.2) is 11.6 Å². The van der Waals surface area contributed by atoms with Gasteiger partial charge in [0.2, 0.25) is 0 Å². The molecule has 3 aromatic rings. The number of hydrogen-bond donors (Lipinski definition) is 1. The molecular formula is C20H16F2N2O3. The van der Waals surface area contributed by atoms with Crippen LogP contribution in [-0.2, 0) is 16.0 Å². The molecule has 138 valence electrons. The molecule has 0 fully saturated rings. The number of rotatable bonds is 5. The van der Waals surface area contributed by atoms with Crippen molar-refractivity contribution < 1.29 is 23.1 Å². The summed E-state index contributed by atoms with van der Waals surface area (Å²) < 4.78 is 31.9. The second-order valence-corrected chi connectivity index (χ2v) is 5.85. The number of benzene rings is 2. The van der Waals surface area contributed by atoms with Crippen LogP contribution in [0.3, 0.4) is 0 Å². The van der Waals surface area contributed by atoms with Crippen molar-refractivity contribution in [3.05, 3.63) is 77.5 Å². The molecule has 1 aromatic heterocycles. The molecule has 0 spiro atoms. The first-order chi connectivity index (χ1) is 13.0. The van der Waals surface area contributed by atoms with Crippen molar-refractivity contribution in [2.45, 2.75) is 12.5 Å². The molecule has 0 aliphatic heterocycles. The standard InChI is InChI=1S/C20H16F2N2O3/c1-27-20(26)17(24-19(25)14-6-4-7-15(21)18(14)22)11-13-10-9-12-5-2-3-8-16(12)23-13/h2-10,17H,11H2,1H3,(H,24,25)/t17-/m1/s1. The van der Waals surface area contributed by atoms with Gasteiger partial charge in [-0.05, 0) is 24.3 Å².